The molecule has 0 bridgehead atoms. The van der Waals surface area contributed by atoms with E-state index in [-0.39, 0.29) is 17.5 Å². The van der Waals surface area contributed by atoms with Gasteiger partial charge in [0.1, 0.15) is 0 Å². The minimum absolute atomic E-state index is 0.209. The molecule has 0 spiro atoms. The second-order valence-corrected chi connectivity index (χ2v) is 4.73. The van der Waals surface area contributed by atoms with Crippen LogP contribution in [0.15, 0.2) is 23.1 Å². The van der Waals surface area contributed by atoms with Crippen LogP contribution in [0.3, 0.4) is 0 Å². The molecule has 1 aliphatic carbocycles. The number of rotatable bonds is 2. The first-order chi connectivity index (χ1) is 8.66. The second-order valence-electron chi connectivity index (χ2n) is 4.73. The van der Waals surface area contributed by atoms with Gasteiger partial charge in [0.2, 0.25) is 5.56 Å². The number of hydrogen-bond donors (Lipinski definition) is 3. The number of carbonyl (C=O) groups is 1. The van der Waals surface area contributed by atoms with Crippen LogP contribution >= 0.6 is 0 Å². The third-order valence-corrected chi connectivity index (χ3v) is 3.33. The van der Waals surface area contributed by atoms with Gasteiger partial charge in [-0.15, -0.1) is 0 Å². The molecular formula is C13H18N2O3. The van der Waals surface area contributed by atoms with Gasteiger partial charge in [-0.1, -0.05) is 19.3 Å². The summed E-state index contributed by atoms with van der Waals surface area (Å²) >= 11 is 0. The SMILES string of the molecule is O=C(NC1CCCCCC1O)c1cc[nH]c(=O)c1. The Bertz CT molecular complexity index is 469. The zero-order valence-corrected chi connectivity index (χ0v) is 10.2. The van der Waals surface area contributed by atoms with Crippen molar-refractivity contribution in [2.45, 2.75) is 44.2 Å². The monoisotopic (exact) mass is 250 g/mol. The van der Waals surface area contributed by atoms with Gasteiger partial charge in [-0.3, -0.25) is 9.59 Å². The van der Waals surface area contributed by atoms with Crippen molar-refractivity contribution < 1.29 is 9.90 Å². The lowest BCUT2D eigenvalue weighted by atomic mass is 10.1. The summed E-state index contributed by atoms with van der Waals surface area (Å²) in [6, 6.07) is 2.61. The number of aliphatic hydroxyl groups is 1. The molecule has 1 aromatic rings. The summed E-state index contributed by atoms with van der Waals surface area (Å²) in [6.45, 7) is 0. The maximum Gasteiger partial charge on any atom is 0.251 e. The Balaban J connectivity index is 2.04. The molecular weight excluding hydrogens is 232 g/mol. The molecule has 0 radical (unpaired) electrons. The normalized spacial score (nSPS) is 24.3. The smallest absolute Gasteiger partial charge is 0.251 e. The molecule has 1 heterocycles. The van der Waals surface area contributed by atoms with Crippen LogP contribution < -0.4 is 10.9 Å². The summed E-state index contributed by atoms with van der Waals surface area (Å²) in [5.74, 6) is -0.299. The van der Waals surface area contributed by atoms with Crippen molar-refractivity contribution in [3.63, 3.8) is 0 Å². The van der Waals surface area contributed by atoms with Gasteiger partial charge < -0.3 is 15.4 Å². The highest BCUT2D eigenvalue weighted by Crippen LogP contribution is 2.18. The van der Waals surface area contributed by atoms with Gasteiger partial charge in [0.05, 0.1) is 12.1 Å². The summed E-state index contributed by atoms with van der Waals surface area (Å²) in [6.07, 6.45) is 5.57. The van der Waals surface area contributed by atoms with Gasteiger partial charge >= 0.3 is 0 Å². The van der Waals surface area contributed by atoms with Crippen LogP contribution in [-0.2, 0) is 0 Å². The minimum Gasteiger partial charge on any atom is -0.391 e. The van der Waals surface area contributed by atoms with E-state index in [1.165, 1.54) is 12.3 Å². The van der Waals surface area contributed by atoms with Crippen LogP contribution in [0.4, 0.5) is 0 Å². The third-order valence-electron chi connectivity index (χ3n) is 3.33. The van der Waals surface area contributed by atoms with Crippen molar-refractivity contribution in [3.8, 4) is 0 Å². The average Bonchev–Trinajstić information content (AvgIpc) is 2.55. The molecule has 0 aliphatic heterocycles. The van der Waals surface area contributed by atoms with E-state index >= 15 is 0 Å². The van der Waals surface area contributed by atoms with Gasteiger partial charge in [-0.25, -0.2) is 0 Å². The van der Waals surface area contributed by atoms with E-state index in [1.54, 1.807) is 6.07 Å². The summed E-state index contributed by atoms with van der Waals surface area (Å²) in [5, 5.41) is 12.7. The van der Waals surface area contributed by atoms with Gasteiger partial charge in [-0.05, 0) is 18.9 Å². The lowest BCUT2D eigenvalue weighted by Gasteiger charge is -2.21. The van der Waals surface area contributed by atoms with Crippen molar-refractivity contribution in [2.75, 3.05) is 0 Å². The molecule has 1 aromatic heterocycles. The number of pyridine rings is 1. The molecule has 18 heavy (non-hydrogen) atoms. The second kappa shape index (κ2) is 5.82. The summed E-state index contributed by atoms with van der Waals surface area (Å²) in [5.41, 5.74) is 0.0271. The molecule has 0 aromatic carbocycles. The largest absolute Gasteiger partial charge is 0.391 e. The zero-order valence-electron chi connectivity index (χ0n) is 10.2. The maximum absolute atomic E-state index is 11.9. The Kier molecular flexibility index (Phi) is 4.15. The highest BCUT2D eigenvalue weighted by molar-refractivity contribution is 5.94. The molecule has 1 amide bonds. The van der Waals surface area contributed by atoms with E-state index in [1.807, 2.05) is 0 Å². The van der Waals surface area contributed by atoms with Crippen LogP contribution in [0, 0.1) is 0 Å². The first-order valence-corrected chi connectivity index (χ1v) is 6.34. The fourth-order valence-corrected chi connectivity index (χ4v) is 2.29. The van der Waals surface area contributed by atoms with Gasteiger partial charge in [0, 0.05) is 17.8 Å². The predicted octanol–water partition coefficient (Wildman–Crippen LogP) is 0.798. The summed E-state index contributed by atoms with van der Waals surface area (Å²) in [7, 11) is 0. The third kappa shape index (κ3) is 3.20. The van der Waals surface area contributed by atoms with E-state index < -0.39 is 6.10 Å². The molecule has 5 nitrogen and oxygen atoms in total. The molecule has 5 heteroatoms. The van der Waals surface area contributed by atoms with Crippen molar-refractivity contribution in [3.05, 3.63) is 34.2 Å². The lowest BCUT2D eigenvalue weighted by molar-refractivity contribution is 0.0818. The Morgan fingerprint density at radius 3 is 2.89 bits per heavy atom. The van der Waals surface area contributed by atoms with Crippen molar-refractivity contribution in [1.82, 2.24) is 10.3 Å². The lowest BCUT2D eigenvalue weighted by Crippen LogP contribution is -2.42. The topological polar surface area (TPSA) is 82.2 Å². The van der Waals surface area contributed by atoms with Crippen LogP contribution in [0.25, 0.3) is 0 Å². The highest BCUT2D eigenvalue weighted by Gasteiger charge is 2.23. The van der Waals surface area contributed by atoms with Crippen LogP contribution in [0.5, 0.6) is 0 Å². The molecule has 98 valence electrons. The van der Waals surface area contributed by atoms with Gasteiger partial charge in [-0.2, -0.15) is 0 Å². The molecule has 3 N–H and O–H groups in total. The number of nitrogens with one attached hydrogen (secondary N) is 2. The molecule has 2 unspecified atom stereocenters. The van der Waals surface area contributed by atoms with E-state index in [4.69, 9.17) is 0 Å². The fraction of sp³-hybridized carbons (Fsp3) is 0.538. The number of aromatic nitrogens is 1. The van der Waals surface area contributed by atoms with Crippen molar-refractivity contribution in [1.29, 1.82) is 0 Å². The van der Waals surface area contributed by atoms with E-state index in [0.29, 0.717) is 5.56 Å². The van der Waals surface area contributed by atoms with E-state index in [0.717, 1.165) is 32.1 Å². The molecule has 2 atom stereocenters. The van der Waals surface area contributed by atoms with E-state index in [2.05, 4.69) is 10.3 Å². The molecule has 1 fully saturated rings. The van der Waals surface area contributed by atoms with Crippen LogP contribution in [-0.4, -0.2) is 28.1 Å². The van der Waals surface area contributed by atoms with E-state index in [9.17, 15) is 14.7 Å². The van der Waals surface area contributed by atoms with Crippen molar-refractivity contribution in [2.24, 2.45) is 0 Å². The van der Waals surface area contributed by atoms with Crippen LogP contribution in [0.1, 0.15) is 42.5 Å². The first kappa shape index (κ1) is 12.8. The first-order valence-electron chi connectivity index (χ1n) is 6.34. The average molecular weight is 250 g/mol. The Hall–Kier alpha value is -1.62. The maximum atomic E-state index is 11.9. The highest BCUT2D eigenvalue weighted by atomic mass is 16.3. The fourth-order valence-electron chi connectivity index (χ4n) is 2.29. The summed E-state index contributed by atoms with van der Waals surface area (Å²) < 4.78 is 0. The zero-order chi connectivity index (χ0) is 13.0. The number of aromatic amines is 1. The molecule has 2 rings (SSSR count). The Morgan fingerprint density at radius 1 is 1.33 bits per heavy atom. The van der Waals surface area contributed by atoms with Crippen LogP contribution in [0.2, 0.25) is 0 Å². The van der Waals surface area contributed by atoms with Gasteiger partial charge in [0.15, 0.2) is 0 Å². The number of hydrogen-bond acceptors (Lipinski definition) is 3. The standard InChI is InChI=1S/C13H18N2O3/c16-11-5-3-1-2-4-10(11)15-13(18)9-6-7-14-12(17)8-9/h6-8,10-11,16H,1-5H2,(H,14,17)(H,15,18). The Morgan fingerprint density at radius 2 is 2.11 bits per heavy atom. The quantitative estimate of drug-likeness (QED) is 0.679. The number of carbonyl (C=O) groups excluding carboxylic acids is 1. The number of aliphatic hydroxyl groups excluding tert-OH is 1. The van der Waals surface area contributed by atoms with Gasteiger partial charge in [0.25, 0.3) is 5.91 Å². The molecule has 1 saturated carbocycles. The number of H-pyrrole nitrogens is 1. The minimum atomic E-state index is -0.488. The predicted molar refractivity (Wildman–Crippen MR) is 67.4 cm³/mol. The molecule has 1 aliphatic rings. The molecule has 0 saturated heterocycles. The summed E-state index contributed by atoms with van der Waals surface area (Å²) in [4.78, 5) is 25.5. The Labute approximate surface area is 105 Å². The van der Waals surface area contributed by atoms with Crippen molar-refractivity contribution >= 4 is 5.91 Å². The number of amides is 1.